The molecule has 106 valence electrons. The molecule has 2 aromatic carbocycles. The maximum absolute atomic E-state index is 6.05. The van der Waals surface area contributed by atoms with Crippen LogP contribution in [0.1, 0.15) is 36.1 Å². The molecule has 0 fully saturated rings. The van der Waals surface area contributed by atoms with E-state index in [1.807, 2.05) is 0 Å². The number of benzene rings is 2. The lowest BCUT2D eigenvalue weighted by atomic mass is 10.0. The number of nitrogens with zero attached hydrogens (tertiary/aromatic N) is 1. The number of hydrogen-bond donors (Lipinski definition) is 1. The van der Waals surface area contributed by atoms with Crippen LogP contribution in [0.25, 0.3) is 0 Å². The highest BCUT2D eigenvalue weighted by atomic mass is 15.1. The predicted octanol–water partition coefficient (Wildman–Crippen LogP) is 4.04. The van der Waals surface area contributed by atoms with E-state index in [0.29, 0.717) is 0 Å². The first kappa shape index (κ1) is 14.6. The van der Waals surface area contributed by atoms with Crippen LogP contribution in [-0.2, 0) is 6.54 Å². The third-order valence-electron chi connectivity index (χ3n) is 3.70. The Bertz CT molecular complexity index is 546. The van der Waals surface area contributed by atoms with Crippen molar-refractivity contribution in [3.8, 4) is 0 Å². The lowest BCUT2D eigenvalue weighted by molar-refractivity contribution is 0.698. The van der Waals surface area contributed by atoms with E-state index in [0.717, 1.165) is 13.0 Å². The normalized spacial score (nSPS) is 12.2. The molecule has 0 bridgehead atoms. The summed E-state index contributed by atoms with van der Waals surface area (Å²) in [6, 6.07) is 17.4. The highest BCUT2D eigenvalue weighted by Crippen LogP contribution is 2.20. The Kier molecular flexibility index (Phi) is 4.80. The van der Waals surface area contributed by atoms with E-state index < -0.39 is 0 Å². The summed E-state index contributed by atoms with van der Waals surface area (Å²) in [5.41, 5.74) is 11.1. The second kappa shape index (κ2) is 6.58. The first-order valence-electron chi connectivity index (χ1n) is 7.22. The Balaban J connectivity index is 2.07. The van der Waals surface area contributed by atoms with E-state index in [-0.39, 0.29) is 6.04 Å². The van der Waals surface area contributed by atoms with Crippen molar-refractivity contribution in [3.05, 3.63) is 65.2 Å². The predicted molar refractivity (Wildman–Crippen MR) is 86.9 cm³/mol. The molecule has 2 heteroatoms. The third kappa shape index (κ3) is 3.61. The second-order valence-corrected chi connectivity index (χ2v) is 5.45. The van der Waals surface area contributed by atoms with Gasteiger partial charge in [0.25, 0.3) is 0 Å². The Labute approximate surface area is 122 Å². The van der Waals surface area contributed by atoms with Crippen LogP contribution in [0.15, 0.2) is 48.5 Å². The van der Waals surface area contributed by atoms with Crippen molar-refractivity contribution in [2.24, 2.45) is 5.73 Å². The molecule has 0 aliphatic rings. The third-order valence-corrected chi connectivity index (χ3v) is 3.70. The van der Waals surface area contributed by atoms with Gasteiger partial charge in [0.05, 0.1) is 0 Å². The van der Waals surface area contributed by atoms with Crippen LogP contribution in [0.3, 0.4) is 0 Å². The van der Waals surface area contributed by atoms with Gasteiger partial charge >= 0.3 is 0 Å². The van der Waals surface area contributed by atoms with E-state index in [9.17, 15) is 0 Å². The van der Waals surface area contributed by atoms with Crippen LogP contribution in [0, 0.1) is 6.92 Å². The topological polar surface area (TPSA) is 29.3 Å². The Morgan fingerprint density at radius 2 is 1.80 bits per heavy atom. The molecule has 0 amide bonds. The fourth-order valence-corrected chi connectivity index (χ4v) is 2.39. The van der Waals surface area contributed by atoms with Crippen molar-refractivity contribution < 1.29 is 0 Å². The first-order valence-corrected chi connectivity index (χ1v) is 7.22. The number of anilines is 1. The molecule has 0 saturated heterocycles. The largest absolute Gasteiger partial charge is 0.370 e. The van der Waals surface area contributed by atoms with E-state index in [2.05, 4.69) is 74.3 Å². The maximum atomic E-state index is 6.05. The van der Waals surface area contributed by atoms with Gasteiger partial charge in [-0.25, -0.2) is 0 Å². The number of nitrogens with two attached hydrogens (primary N) is 1. The fraction of sp³-hybridized carbons (Fsp3) is 0.333. The van der Waals surface area contributed by atoms with Crippen LogP contribution < -0.4 is 10.6 Å². The molecule has 0 aliphatic carbocycles. The monoisotopic (exact) mass is 268 g/mol. The van der Waals surface area contributed by atoms with Crippen LogP contribution in [0.5, 0.6) is 0 Å². The van der Waals surface area contributed by atoms with Gasteiger partial charge in [-0.3, -0.25) is 0 Å². The smallest absolute Gasteiger partial charge is 0.0426 e. The van der Waals surface area contributed by atoms with Gasteiger partial charge in [0.1, 0.15) is 0 Å². The minimum Gasteiger partial charge on any atom is -0.370 e. The molecule has 1 atom stereocenters. The molecule has 20 heavy (non-hydrogen) atoms. The molecule has 2 nitrogen and oxygen atoms in total. The summed E-state index contributed by atoms with van der Waals surface area (Å²) in [6.45, 7) is 5.16. The van der Waals surface area contributed by atoms with E-state index in [1.165, 1.54) is 22.4 Å². The average Bonchev–Trinajstić information content (AvgIpc) is 2.46. The molecule has 2 rings (SSSR count). The summed E-state index contributed by atoms with van der Waals surface area (Å²) in [5, 5.41) is 0. The van der Waals surface area contributed by atoms with E-state index in [4.69, 9.17) is 5.73 Å². The zero-order valence-electron chi connectivity index (χ0n) is 12.6. The molecule has 2 aromatic rings. The Hall–Kier alpha value is -1.80. The highest BCUT2D eigenvalue weighted by Gasteiger charge is 2.05. The van der Waals surface area contributed by atoms with Crippen molar-refractivity contribution in [1.29, 1.82) is 0 Å². The molecule has 0 radical (unpaired) electrons. The fourth-order valence-electron chi connectivity index (χ4n) is 2.39. The highest BCUT2D eigenvalue weighted by molar-refractivity contribution is 5.48. The zero-order chi connectivity index (χ0) is 14.5. The van der Waals surface area contributed by atoms with Crippen molar-refractivity contribution in [2.75, 3.05) is 11.9 Å². The van der Waals surface area contributed by atoms with Gasteiger partial charge in [-0.1, -0.05) is 48.9 Å². The van der Waals surface area contributed by atoms with Crippen LogP contribution in [-0.4, -0.2) is 7.05 Å². The lowest BCUT2D eigenvalue weighted by Crippen LogP contribution is -2.16. The maximum Gasteiger partial charge on any atom is 0.0426 e. The molecule has 2 N–H and O–H groups in total. The van der Waals surface area contributed by atoms with Crippen molar-refractivity contribution >= 4 is 5.69 Å². The molecule has 0 spiro atoms. The molecule has 0 saturated carbocycles. The summed E-state index contributed by atoms with van der Waals surface area (Å²) in [5.74, 6) is 0. The average molecular weight is 268 g/mol. The SMILES string of the molecule is CC[C@H](N)c1ccc(N(C)Cc2cccc(C)c2)cc1. The number of rotatable bonds is 5. The van der Waals surface area contributed by atoms with Crippen LogP contribution in [0.2, 0.25) is 0 Å². The van der Waals surface area contributed by atoms with Gasteiger partial charge in [0, 0.05) is 25.3 Å². The van der Waals surface area contributed by atoms with Crippen molar-refractivity contribution in [2.45, 2.75) is 32.9 Å². The Morgan fingerprint density at radius 1 is 1.10 bits per heavy atom. The second-order valence-electron chi connectivity index (χ2n) is 5.45. The van der Waals surface area contributed by atoms with Crippen LogP contribution in [0.4, 0.5) is 5.69 Å². The van der Waals surface area contributed by atoms with Gasteiger partial charge in [-0.2, -0.15) is 0 Å². The number of hydrogen-bond acceptors (Lipinski definition) is 2. The van der Waals surface area contributed by atoms with E-state index in [1.54, 1.807) is 0 Å². The summed E-state index contributed by atoms with van der Waals surface area (Å²) in [7, 11) is 2.12. The van der Waals surface area contributed by atoms with Gasteiger partial charge in [-0.15, -0.1) is 0 Å². The first-order chi connectivity index (χ1) is 9.60. The van der Waals surface area contributed by atoms with Gasteiger partial charge in [0.15, 0.2) is 0 Å². The van der Waals surface area contributed by atoms with Gasteiger partial charge < -0.3 is 10.6 Å². The van der Waals surface area contributed by atoms with E-state index >= 15 is 0 Å². The lowest BCUT2D eigenvalue weighted by Gasteiger charge is -2.20. The minimum atomic E-state index is 0.145. The summed E-state index contributed by atoms with van der Waals surface area (Å²) < 4.78 is 0. The van der Waals surface area contributed by atoms with Crippen molar-refractivity contribution in [3.63, 3.8) is 0 Å². The minimum absolute atomic E-state index is 0.145. The van der Waals surface area contributed by atoms with Crippen molar-refractivity contribution in [1.82, 2.24) is 0 Å². The molecule has 0 unspecified atom stereocenters. The van der Waals surface area contributed by atoms with Gasteiger partial charge in [-0.05, 0) is 36.6 Å². The molecule has 0 aliphatic heterocycles. The quantitative estimate of drug-likeness (QED) is 0.886. The standard InChI is InChI=1S/C18H24N2/c1-4-18(19)16-8-10-17(11-9-16)20(3)13-15-7-5-6-14(2)12-15/h5-12,18H,4,13,19H2,1-3H3/t18-/m0/s1. The summed E-state index contributed by atoms with van der Waals surface area (Å²) in [6.07, 6.45) is 0.971. The van der Waals surface area contributed by atoms with Gasteiger partial charge in [0.2, 0.25) is 0 Å². The van der Waals surface area contributed by atoms with Crippen LogP contribution >= 0.6 is 0 Å². The molecular weight excluding hydrogens is 244 g/mol. The summed E-state index contributed by atoms with van der Waals surface area (Å²) >= 11 is 0. The molecule has 0 aromatic heterocycles. The zero-order valence-corrected chi connectivity index (χ0v) is 12.6. The Morgan fingerprint density at radius 3 is 2.40 bits per heavy atom. The molecule has 0 heterocycles. The number of aryl methyl sites for hydroxylation is 1. The molecular formula is C18H24N2. The summed E-state index contributed by atoms with van der Waals surface area (Å²) in [4.78, 5) is 2.26.